The Hall–Kier alpha value is -5.64. The normalized spacial score (nSPS) is 16.4. The number of aromatic hydroxyl groups is 6. The molecule has 2 heterocycles. The molecule has 40 heavy (non-hydrogen) atoms. The van der Waals surface area contributed by atoms with Crippen LogP contribution in [0.3, 0.4) is 0 Å². The Bertz CT molecular complexity index is 1870. The van der Waals surface area contributed by atoms with Gasteiger partial charge in [0, 0.05) is 29.8 Å². The lowest BCUT2D eigenvalue weighted by Gasteiger charge is -2.34. The summed E-state index contributed by atoms with van der Waals surface area (Å²) in [7, 11) is 0. The predicted octanol–water partition coefficient (Wildman–Crippen LogP) is 4.79. The first-order valence-corrected chi connectivity index (χ1v) is 12.0. The van der Waals surface area contributed by atoms with Crippen LogP contribution < -0.4 is 10.2 Å². The van der Waals surface area contributed by atoms with Crippen molar-refractivity contribution in [2.45, 2.75) is 12.0 Å². The van der Waals surface area contributed by atoms with E-state index in [4.69, 9.17) is 9.15 Å². The van der Waals surface area contributed by atoms with Crippen LogP contribution in [-0.2, 0) is 0 Å². The van der Waals surface area contributed by atoms with Gasteiger partial charge in [-0.1, -0.05) is 12.1 Å². The fourth-order valence-corrected chi connectivity index (χ4v) is 5.02. The van der Waals surface area contributed by atoms with Crippen LogP contribution >= 0.6 is 0 Å². The van der Waals surface area contributed by atoms with E-state index in [1.807, 2.05) is 0 Å². The van der Waals surface area contributed by atoms with Crippen LogP contribution in [0.1, 0.15) is 33.5 Å². The number of fused-ring (bicyclic) bond motifs is 2. The quantitative estimate of drug-likeness (QED) is 0.186. The van der Waals surface area contributed by atoms with Crippen LogP contribution in [0, 0.1) is 0 Å². The Morgan fingerprint density at radius 3 is 1.98 bits per heavy atom. The predicted molar refractivity (Wildman–Crippen MR) is 141 cm³/mol. The van der Waals surface area contributed by atoms with Crippen molar-refractivity contribution in [3.8, 4) is 51.6 Å². The van der Waals surface area contributed by atoms with E-state index in [-0.39, 0.29) is 50.9 Å². The molecule has 6 rings (SSSR count). The molecular formula is C30H20O10. The second-order valence-electron chi connectivity index (χ2n) is 9.36. The summed E-state index contributed by atoms with van der Waals surface area (Å²) in [6.07, 6.45) is -1.19. The molecule has 10 heteroatoms. The molecule has 200 valence electrons. The van der Waals surface area contributed by atoms with Crippen LogP contribution in [0.15, 0.2) is 82.0 Å². The molecule has 0 aliphatic carbocycles. The zero-order valence-corrected chi connectivity index (χ0v) is 20.4. The monoisotopic (exact) mass is 540 g/mol. The van der Waals surface area contributed by atoms with Gasteiger partial charge in [0.1, 0.15) is 68.6 Å². The number of rotatable bonds is 3. The van der Waals surface area contributed by atoms with Crippen LogP contribution in [0.25, 0.3) is 22.3 Å². The van der Waals surface area contributed by atoms with E-state index in [9.17, 15) is 40.2 Å². The third-order valence-corrected chi connectivity index (χ3v) is 6.83. The molecule has 0 amide bonds. The summed E-state index contributed by atoms with van der Waals surface area (Å²) in [6, 6.07) is 15.7. The first-order chi connectivity index (χ1) is 19.1. The van der Waals surface area contributed by atoms with Gasteiger partial charge in [-0.25, -0.2) is 0 Å². The van der Waals surface area contributed by atoms with E-state index in [1.165, 1.54) is 48.5 Å². The van der Waals surface area contributed by atoms with E-state index in [1.54, 1.807) is 0 Å². The third kappa shape index (κ3) is 3.90. The Balaban J connectivity index is 1.66. The fourth-order valence-electron chi connectivity index (χ4n) is 5.02. The van der Waals surface area contributed by atoms with Gasteiger partial charge in [0.15, 0.2) is 11.2 Å². The second-order valence-corrected chi connectivity index (χ2v) is 9.36. The zero-order valence-electron chi connectivity index (χ0n) is 20.4. The van der Waals surface area contributed by atoms with Crippen molar-refractivity contribution >= 4 is 16.8 Å². The van der Waals surface area contributed by atoms with Gasteiger partial charge in [0.05, 0.1) is 11.5 Å². The number of phenols is 6. The van der Waals surface area contributed by atoms with E-state index in [2.05, 4.69) is 0 Å². The van der Waals surface area contributed by atoms with Crippen LogP contribution in [0.4, 0.5) is 0 Å². The summed E-state index contributed by atoms with van der Waals surface area (Å²) in [5.41, 5.74) is -0.642. The van der Waals surface area contributed by atoms with Gasteiger partial charge in [0.2, 0.25) is 0 Å². The Morgan fingerprint density at radius 2 is 1.30 bits per heavy atom. The summed E-state index contributed by atoms with van der Waals surface area (Å²) >= 11 is 0. The van der Waals surface area contributed by atoms with Crippen molar-refractivity contribution in [2.24, 2.45) is 0 Å². The second kappa shape index (κ2) is 8.98. The topological polar surface area (TPSA) is 178 Å². The van der Waals surface area contributed by atoms with Gasteiger partial charge < -0.3 is 39.8 Å². The highest BCUT2D eigenvalue weighted by Crippen LogP contribution is 2.52. The van der Waals surface area contributed by atoms with E-state index in [0.717, 1.165) is 24.3 Å². The van der Waals surface area contributed by atoms with Gasteiger partial charge in [-0.15, -0.1) is 0 Å². The lowest BCUT2D eigenvalue weighted by atomic mass is 9.79. The molecule has 0 bridgehead atoms. The van der Waals surface area contributed by atoms with Crippen molar-refractivity contribution in [3.05, 3.63) is 99.7 Å². The molecule has 0 spiro atoms. The Kier molecular flexibility index (Phi) is 5.54. The number of carbonyl (C=O) groups excluding carboxylic acids is 1. The lowest BCUT2D eigenvalue weighted by molar-refractivity contribution is 0.0772. The third-order valence-electron chi connectivity index (χ3n) is 6.83. The van der Waals surface area contributed by atoms with Crippen molar-refractivity contribution < 1.29 is 44.6 Å². The molecule has 2 unspecified atom stereocenters. The molecule has 1 aliphatic rings. The van der Waals surface area contributed by atoms with Gasteiger partial charge in [-0.05, 0) is 42.0 Å². The molecule has 10 nitrogen and oxygen atoms in total. The van der Waals surface area contributed by atoms with Crippen molar-refractivity contribution in [1.29, 1.82) is 0 Å². The maximum Gasteiger partial charge on any atom is 0.197 e. The smallest absolute Gasteiger partial charge is 0.197 e. The van der Waals surface area contributed by atoms with Crippen molar-refractivity contribution in [3.63, 3.8) is 0 Å². The van der Waals surface area contributed by atoms with Gasteiger partial charge in [0.25, 0.3) is 0 Å². The first-order valence-electron chi connectivity index (χ1n) is 12.0. The highest BCUT2D eigenvalue weighted by Gasteiger charge is 2.44. The summed E-state index contributed by atoms with van der Waals surface area (Å²) in [5, 5.41) is 61.5. The van der Waals surface area contributed by atoms with Crippen LogP contribution in [0.2, 0.25) is 0 Å². The van der Waals surface area contributed by atoms with E-state index in [0.29, 0.717) is 11.1 Å². The lowest BCUT2D eigenvalue weighted by Crippen LogP contribution is -2.30. The largest absolute Gasteiger partial charge is 0.508 e. The summed E-state index contributed by atoms with van der Waals surface area (Å²) in [6.45, 7) is 0. The Labute approximate surface area is 224 Å². The van der Waals surface area contributed by atoms with Gasteiger partial charge in [-0.2, -0.15) is 0 Å². The molecule has 6 N–H and O–H groups in total. The minimum Gasteiger partial charge on any atom is -0.508 e. The fraction of sp³-hybridized carbons (Fsp3) is 0.0667. The number of ether oxygens (including phenoxy) is 1. The number of hydrogen-bond donors (Lipinski definition) is 6. The van der Waals surface area contributed by atoms with Gasteiger partial charge >= 0.3 is 0 Å². The highest BCUT2D eigenvalue weighted by molar-refractivity contribution is 6.09. The van der Waals surface area contributed by atoms with Crippen LogP contribution in [0.5, 0.6) is 40.2 Å². The van der Waals surface area contributed by atoms with Gasteiger partial charge in [-0.3, -0.25) is 9.59 Å². The molecule has 2 atom stereocenters. The molecular weight excluding hydrogens is 520 g/mol. The summed E-state index contributed by atoms with van der Waals surface area (Å²) in [5.74, 6) is -4.39. The molecule has 0 fully saturated rings. The van der Waals surface area contributed by atoms with Crippen molar-refractivity contribution in [2.75, 3.05) is 0 Å². The maximum atomic E-state index is 14.1. The summed E-state index contributed by atoms with van der Waals surface area (Å²) in [4.78, 5) is 27.3. The number of benzene rings is 4. The summed E-state index contributed by atoms with van der Waals surface area (Å²) < 4.78 is 12.2. The minimum atomic E-state index is -1.42. The zero-order chi connectivity index (χ0) is 28.3. The SMILES string of the molecule is O=C1c2c(O)cc(O)cc2OC(c2ccc(O)cc2)C1c1c(O)cc(O)c2c(=O)cc(-c3ccc(O)cc3)oc12. The maximum absolute atomic E-state index is 14.1. The number of Topliss-reactive ketones (excluding diaryl/α,β-unsaturated/α-hetero) is 1. The standard InChI is InChI=1S/C30H20O10/c31-15-5-1-13(2-6-15)22-12-21(37)24-19(35)11-20(36)26(30(24)39-22)27-28(38)25-18(34)9-17(33)10-23(25)40-29(27)14-3-7-16(32)8-4-14/h1-12,27,29,31-36H. The number of hydrogen-bond acceptors (Lipinski definition) is 10. The molecule has 1 aromatic heterocycles. The molecule has 0 saturated carbocycles. The molecule has 0 saturated heterocycles. The van der Waals surface area contributed by atoms with Crippen molar-refractivity contribution in [1.82, 2.24) is 0 Å². The average Bonchev–Trinajstić information content (AvgIpc) is 2.89. The van der Waals surface area contributed by atoms with Crippen LogP contribution in [-0.4, -0.2) is 36.4 Å². The minimum absolute atomic E-state index is 0.0194. The van der Waals surface area contributed by atoms with E-state index < -0.39 is 40.5 Å². The van der Waals surface area contributed by atoms with E-state index >= 15 is 0 Å². The first kappa shape index (κ1) is 24.7. The molecule has 5 aromatic rings. The highest BCUT2D eigenvalue weighted by atomic mass is 16.5. The molecule has 0 radical (unpaired) electrons. The molecule has 1 aliphatic heterocycles. The average molecular weight is 540 g/mol. The number of ketones is 1. The number of phenolic OH excluding ortho intramolecular Hbond substituents is 6. The Morgan fingerprint density at radius 1 is 0.650 bits per heavy atom. The molecule has 4 aromatic carbocycles. The number of carbonyl (C=O) groups is 1.